The lowest BCUT2D eigenvalue weighted by molar-refractivity contribution is 0.0989. The minimum absolute atomic E-state index is 0.00218. The molecule has 0 aliphatic heterocycles. The quantitative estimate of drug-likeness (QED) is 0.489. The van der Waals surface area contributed by atoms with Crippen LogP contribution in [0, 0.1) is 13.8 Å². The fourth-order valence-corrected chi connectivity index (χ4v) is 3.95. The molecule has 0 fully saturated rings. The standard InChI is InChI=1S/C21H23N3O2S/c1-4-13-24-20(26)22-23-21(24)27-19(17-11-7-15(3)8-12-17)18(25)16-9-5-14(2)6-10-16/h5-12,19H,4,13H2,1-3H3,(H,22,26)/t19-/m1/s1. The molecule has 2 aromatic carbocycles. The van der Waals surface area contributed by atoms with Crippen LogP contribution < -0.4 is 5.69 Å². The van der Waals surface area contributed by atoms with Gasteiger partial charge in [-0.05, 0) is 25.8 Å². The predicted molar refractivity (Wildman–Crippen MR) is 108 cm³/mol. The Balaban J connectivity index is 2.00. The van der Waals surface area contributed by atoms with Crippen molar-refractivity contribution in [3.05, 3.63) is 81.3 Å². The minimum Gasteiger partial charge on any atom is -0.293 e. The van der Waals surface area contributed by atoms with Crippen molar-refractivity contribution in [2.24, 2.45) is 0 Å². The van der Waals surface area contributed by atoms with E-state index in [0.717, 1.165) is 23.1 Å². The highest BCUT2D eigenvalue weighted by Crippen LogP contribution is 2.36. The largest absolute Gasteiger partial charge is 0.343 e. The van der Waals surface area contributed by atoms with E-state index in [2.05, 4.69) is 10.2 Å². The number of hydrogen-bond acceptors (Lipinski definition) is 4. The third kappa shape index (κ3) is 4.39. The maximum atomic E-state index is 13.3. The van der Waals surface area contributed by atoms with Gasteiger partial charge in [-0.1, -0.05) is 78.3 Å². The number of hydrogen-bond donors (Lipinski definition) is 1. The highest BCUT2D eigenvalue weighted by atomic mass is 32.2. The molecule has 3 aromatic rings. The zero-order valence-electron chi connectivity index (χ0n) is 15.7. The van der Waals surface area contributed by atoms with Gasteiger partial charge in [-0.2, -0.15) is 0 Å². The van der Waals surface area contributed by atoms with Gasteiger partial charge in [0, 0.05) is 12.1 Å². The lowest BCUT2D eigenvalue weighted by Crippen LogP contribution is -2.18. The fourth-order valence-electron chi connectivity index (χ4n) is 2.80. The molecule has 0 saturated heterocycles. The van der Waals surface area contributed by atoms with Crippen molar-refractivity contribution in [2.45, 2.75) is 44.1 Å². The summed E-state index contributed by atoms with van der Waals surface area (Å²) in [5.74, 6) is 0.00218. The summed E-state index contributed by atoms with van der Waals surface area (Å²) in [6, 6.07) is 15.5. The van der Waals surface area contributed by atoms with Gasteiger partial charge in [0.05, 0.1) is 0 Å². The van der Waals surface area contributed by atoms with E-state index in [1.807, 2.05) is 69.3 Å². The van der Waals surface area contributed by atoms with Crippen molar-refractivity contribution in [2.75, 3.05) is 0 Å². The van der Waals surface area contributed by atoms with E-state index in [-0.39, 0.29) is 11.5 Å². The Labute approximate surface area is 162 Å². The number of aryl methyl sites for hydroxylation is 2. The van der Waals surface area contributed by atoms with E-state index in [1.165, 1.54) is 11.8 Å². The van der Waals surface area contributed by atoms with Crippen LogP contribution in [0.5, 0.6) is 0 Å². The molecule has 0 spiro atoms. The van der Waals surface area contributed by atoms with Gasteiger partial charge in [-0.3, -0.25) is 9.36 Å². The van der Waals surface area contributed by atoms with Gasteiger partial charge in [0.15, 0.2) is 10.9 Å². The topological polar surface area (TPSA) is 67.8 Å². The van der Waals surface area contributed by atoms with E-state index in [1.54, 1.807) is 4.57 Å². The number of thioether (sulfide) groups is 1. The normalized spacial score (nSPS) is 12.1. The van der Waals surface area contributed by atoms with Gasteiger partial charge in [0.2, 0.25) is 0 Å². The van der Waals surface area contributed by atoms with Gasteiger partial charge in [-0.15, -0.1) is 5.10 Å². The van der Waals surface area contributed by atoms with E-state index in [0.29, 0.717) is 17.3 Å². The molecule has 140 valence electrons. The first-order valence-electron chi connectivity index (χ1n) is 8.99. The minimum atomic E-state index is -0.473. The smallest absolute Gasteiger partial charge is 0.293 e. The van der Waals surface area contributed by atoms with Gasteiger partial charge >= 0.3 is 5.69 Å². The summed E-state index contributed by atoms with van der Waals surface area (Å²) >= 11 is 1.31. The Morgan fingerprint density at radius 2 is 1.67 bits per heavy atom. The third-order valence-electron chi connectivity index (χ3n) is 4.35. The number of benzene rings is 2. The SMILES string of the molecule is CCCn1c(S[C@@H](C(=O)c2ccc(C)cc2)c2ccc(C)cc2)n[nH]c1=O. The van der Waals surface area contributed by atoms with E-state index in [4.69, 9.17) is 0 Å². The van der Waals surface area contributed by atoms with Crippen molar-refractivity contribution in [3.63, 3.8) is 0 Å². The highest BCUT2D eigenvalue weighted by Gasteiger charge is 2.26. The van der Waals surface area contributed by atoms with E-state index < -0.39 is 5.25 Å². The molecule has 27 heavy (non-hydrogen) atoms. The van der Waals surface area contributed by atoms with Crippen LogP contribution in [0.4, 0.5) is 0 Å². The predicted octanol–water partition coefficient (Wildman–Crippen LogP) is 4.31. The average molecular weight is 382 g/mol. The molecule has 1 heterocycles. The molecule has 0 saturated carbocycles. The van der Waals surface area contributed by atoms with Gasteiger partial charge in [-0.25, -0.2) is 9.89 Å². The van der Waals surface area contributed by atoms with Crippen molar-refractivity contribution in [1.29, 1.82) is 0 Å². The Morgan fingerprint density at radius 1 is 1.07 bits per heavy atom. The molecule has 3 rings (SSSR count). The second kappa shape index (κ2) is 8.39. The van der Waals surface area contributed by atoms with E-state index >= 15 is 0 Å². The molecule has 5 nitrogen and oxygen atoms in total. The molecular formula is C21H23N3O2S. The second-order valence-electron chi connectivity index (χ2n) is 6.60. The summed E-state index contributed by atoms with van der Waals surface area (Å²) < 4.78 is 1.59. The Kier molecular flexibility index (Phi) is 5.96. The molecule has 0 amide bonds. The maximum Gasteiger partial charge on any atom is 0.343 e. The molecule has 6 heteroatoms. The summed E-state index contributed by atoms with van der Waals surface area (Å²) in [6.07, 6.45) is 0.814. The number of ketones is 1. The number of aromatic amines is 1. The lowest BCUT2D eigenvalue weighted by atomic mass is 10.0. The molecule has 1 aromatic heterocycles. The molecule has 0 bridgehead atoms. The van der Waals surface area contributed by atoms with Gasteiger partial charge < -0.3 is 0 Å². The summed E-state index contributed by atoms with van der Waals surface area (Å²) in [4.78, 5) is 25.3. The highest BCUT2D eigenvalue weighted by molar-refractivity contribution is 8.00. The van der Waals surface area contributed by atoms with E-state index in [9.17, 15) is 9.59 Å². The maximum absolute atomic E-state index is 13.3. The number of carbonyl (C=O) groups excluding carboxylic acids is 1. The number of aromatic nitrogens is 3. The molecule has 0 radical (unpaired) electrons. The second-order valence-corrected chi connectivity index (χ2v) is 7.67. The Bertz CT molecular complexity index is 972. The first-order valence-corrected chi connectivity index (χ1v) is 9.87. The molecule has 0 unspecified atom stereocenters. The zero-order chi connectivity index (χ0) is 19.4. The number of rotatable bonds is 7. The van der Waals surface area contributed by atoms with Gasteiger partial charge in [0.1, 0.15) is 5.25 Å². The first-order chi connectivity index (χ1) is 13.0. The van der Waals surface area contributed by atoms with Crippen LogP contribution in [0.15, 0.2) is 58.5 Å². The third-order valence-corrected chi connectivity index (χ3v) is 5.59. The Hall–Kier alpha value is -2.60. The van der Waals surface area contributed by atoms with Crippen molar-refractivity contribution < 1.29 is 4.79 Å². The van der Waals surface area contributed by atoms with Crippen LogP contribution in [0.25, 0.3) is 0 Å². The fraction of sp³-hybridized carbons (Fsp3) is 0.286. The van der Waals surface area contributed by atoms with Crippen LogP contribution in [0.2, 0.25) is 0 Å². The van der Waals surface area contributed by atoms with Crippen molar-refractivity contribution >= 4 is 17.5 Å². The lowest BCUT2D eigenvalue weighted by Gasteiger charge is -2.16. The van der Waals surface area contributed by atoms with Crippen LogP contribution >= 0.6 is 11.8 Å². The summed E-state index contributed by atoms with van der Waals surface area (Å²) in [5, 5.41) is 6.71. The average Bonchev–Trinajstić information content (AvgIpc) is 3.01. The summed E-state index contributed by atoms with van der Waals surface area (Å²) in [7, 11) is 0. The first kappa shape index (κ1) is 19.2. The molecule has 1 atom stereocenters. The molecule has 0 aliphatic rings. The summed E-state index contributed by atoms with van der Waals surface area (Å²) in [6.45, 7) is 6.58. The van der Waals surface area contributed by atoms with Crippen molar-refractivity contribution in [3.8, 4) is 0 Å². The summed E-state index contributed by atoms with van der Waals surface area (Å²) in [5.41, 5.74) is 3.54. The van der Waals surface area contributed by atoms with Crippen LogP contribution in [0.3, 0.4) is 0 Å². The monoisotopic (exact) mass is 381 g/mol. The number of Topliss-reactive ketones (excluding diaryl/α,β-unsaturated/α-hetero) is 1. The van der Waals surface area contributed by atoms with Crippen LogP contribution in [-0.2, 0) is 6.54 Å². The molecule has 1 N–H and O–H groups in total. The van der Waals surface area contributed by atoms with Crippen LogP contribution in [0.1, 0.15) is 45.6 Å². The number of H-pyrrole nitrogens is 1. The van der Waals surface area contributed by atoms with Crippen molar-refractivity contribution in [1.82, 2.24) is 14.8 Å². The number of nitrogens with one attached hydrogen (secondary N) is 1. The number of nitrogens with zero attached hydrogens (tertiary/aromatic N) is 2. The molecule has 0 aliphatic carbocycles. The molecular weight excluding hydrogens is 358 g/mol. The number of carbonyl (C=O) groups is 1. The Morgan fingerprint density at radius 3 is 2.26 bits per heavy atom. The van der Waals surface area contributed by atoms with Gasteiger partial charge in [0.25, 0.3) is 0 Å². The van der Waals surface area contributed by atoms with Crippen LogP contribution in [-0.4, -0.2) is 20.5 Å². The zero-order valence-corrected chi connectivity index (χ0v) is 16.5.